The van der Waals surface area contributed by atoms with Gasteiger partial charge in [0, 0.05) is 13.1 Å². The van der Waals surface area contributed by atoms with Crippen molar-refractivity contribution in [1.82, 2.24) is 9.97 Å². The summed E-state index contributed by atoms with van der Waals surface area (Å²) in [4.78, 5) is 20.0. The Labute approximate surface area is 135 Å². The summed E-state index contributed by atoms with van der Waals surface area (Å²) in [5.74, 6) is 1.09. The predicted octanol–water partition coefficient (Wildman–Crippen LogP) is 2.90. The maximum atomic E-state index is 11.4. The van der Waals surface area contributed by atoms with E-state index >= 15 is 0 Å². The lowest BCUT2D eigenvalue weighted by Crippen LogP contribution is -2.12. The molecule has 6 nitrogen and oxygen atoms in total. The number of hydrogen-bond donors (Lipinski definition) is 2. The molecule has 6 heteroatoms. The van der Waals surface area contributed by atoms with Crippen LogP contribution in [0.4, 0.5) is 11.8 Å². The SMILES string of the molecule is C=CCNc1nc(NCC)nc(OCc2ccccc2)c1C=O. The third-order valence-electron chi connectivity index (χ3n) is 3.00. The number of aromatic nitrogens is 2. The molecule has 23 heavy (non-hydrogen) atoms. The van der Waals surface area contributed by atoms with Crippen LogP contribution in [0.3, 0.4) is 0 Å². The van der Waals surface area contributed by atoms with Gasteiger partial charge in [0.1, 0.15) is 18.0 Å². The second-order valence-corrected chi connectivity index (χ2v) is 4.71. The van der Waals surface area contributed by atoms with Gasteiger partial charge in [-0.25, -0.2) is 0 Å². The number of aldehydes is 1. The zero-order valence-corrected chi connectivity index (χ0v) is 13.1. The van der Waals surface area contributed by atoms with Crippen molar-refractivity contribution in [3.63, 3.8) is 0 Å². The van der Waals surface area contributed by atoms with Gasteiger partial charge in [0.05, 0.1) is 0 Å². The molecule has 0 radical (unpaired) electrons. The highest BCUT2D eigenvalue weighted by atomic mass is 16.5. The van der Waals surface area contributed by atoms with Gasteiger partial charge < -0.3 is 15.4 Å². The lowest BCUT2D eigenvalue weighted by atomic mass is 10.2. The smallest absolute Gasteiger partial charge is 0.231 e. The summed E-state index contributed by atoms with van der Waals surface area (Å²) in [5, 5.41) is 6.06. The van der Waals surface area contributed by atoms with E-state index in [4.69, 9.17) is 4.74 Å². The molecule has 0 saturated carbocycles. The first-order chi connectivity index (χ1) is 11.3. The minimum absolute atomic E-state index is 0.251. The van der Waals surface area contributed by atoms with E-state index in [1.807, 2.05) is 37.3 Å². The van der Waals surface area contributed by atoms with Crippen LogP contribution in [-0.2, 0) is 6.61 Å². The quantitative estimate of drug-likeness (QED) is 0.548. The highest BCUT2D eigenvalue weighted by molar-refractivity contribution is 5.86. The summed E-state index contributed by atoms with van der Waals surface area (Å²) in [5.41, 5.74) is 1.29. The van der Waals surface area contributed by atoms with Crippen LogP contribution in [0.25, 0.3) is 0 Å². The number of hydrogen-bond acceptors (Lipinski definition) is 6. The van der Waals surface area contributed by atoms with Crippen LogP contribution >= 0.6 is 0 Å². The Morgan fingerprint density at radius 2 is 2.00 bits per heavy atom. The summed E-state index contributed by atoms with van der Waals surface area (Å²) < 4.78 is 5.73. The standard InChI is InChI=1S/C17H20N4O2/c1-3-10-19-15-14(11-22)16(21-17(20-15)18-4-2)23-12-13-8-6-5-7-9-13/h3,5-9,11H,1,4,10,12H2,2H3,(H2,18,19,20,21). The first kappa shape index (κ1) is 16.5. The number of carbonyl (C=O) groups excluding carboxylic acids is 1. The largest absolute Gasteiger partial charge is 0.472 e. The van der Waals surface area contributed by atoms with Gasteiger partial charge in [-0.3, -0.25) is 4.79 Å². The minimum Gasteiger partial charge on any atom is -0.472 e. The maximum absolute atomic E-state index is 11.4. The first-order valence-electron chi connectivity index (χ1n) is 7.41. The molecule has 1 aromatic carbocycles. The van der Waals surface area contributed by atoms with Crippen LogP contribution in [0, 0.1) is 0 Å². The van der Waals surface area contributed by atoms with Gasteiger partial charge in [0.2, 0.25) is 11.8 Å². The molecule has 0 amide bonds. The summed E-state index contributed by atoms with van der Waals surface area (Å²) in [6.45, 7) is 7.07. The maximum Gasteiger partial charge on any atom is 0.231 e. The molecular weight excluding hydrogens is 292 g/mol. The third kappa shape index (κ3) is 4.54. The van der Waals surface area contributed by atoms with Crippen molar-refractivity contribution in [2.75, 3.05) is 23.7 Å². The average molecular weight is 312 g/mol. The number of nitrogens with one attached hydrogen (secondary N) is 2. The molecule has 0 unspecified atom stereocenters. The molecule has 2 N–H and O–H groups in total. The second-order valence-electron chi connectivity index (χ2n) is 4.71. The predicted molar refractivity (Wildman–Crippen MR) is 91.0 cm³/mol. The van der Waals surface area contributed by atoms with Crippen LogP contribution in [0.15, 0.2) is 43.0 Å². The van der Waals surface area contributed by atoms with Crippen molar-refractivity contribution in [2.24, 2.45) is 0 Å². The minimum atomic E-state index is 0.251. The van der Waals surface area contributed by atoms with E-state index in [2.05, 4.69) is 27.2 Å². The van der Waals surface area contributed by atoms with Crippen molar-refractivity contribution in [3.8, 4) is 5.88 Å². The fourth-order valence-electron chi connectivity index (χ4n) is 1.93. The molecule has 0 aliphatic carbocycles. The van der Waals surface area contributed by atoms with E-state index in [1.165, 1.54) is 0 Å². The summed E-state index contributed by atoms with van der Waals surface area (Å²) in [6, 6.07) is 9.69. The van der Waals surface area contributed by atoms with E-state index in [-0.39, 0.29) is 5.88 Å². The molecule has 0 aliphatic heterocycles. The van der Waals surface area contributed by atoms with Gasteiger partial charge in [-0.1, -0.05) is 36.4 Å². The lowest BCUT2D eigenvalue weighted by molar-refractivity contribution is 0.111. The van der Waals surface area contributed by atoms with Gasteiger partial charge in [-0.05, 0) is 12.5 Å². The van der Waals surface area contributed by atoms with Crippen molar-refractivity contribution >= 4 is 18.1 Å². The van der Waals surface area contributed by atoms with Gasteiger partial charge in [0.15, 0.2) is 6.29 Å². The van der Waals surface area contributed by atoms with Crippen LogP contribution in [0.1, 0.15) is 22.8 Å². The number of benzene rings is 1. The Hall–Kier alpha value is -2.89. The van der Waals surface area contributed by atoms with E-state index in [0.717, 1.165) is 5.56 Å². The fraction of sp³-hybridized carbons (Fsp3) is 0.235. The highest BCUT2D eigenvalue weighted by Gasteiger charge is 2.15. The molecule has 0 saturated heterocycles. The molecular formula is C17H20N4O2. The Kier molecular flexibility index (Phi) is 6.11. The second kappa shape index (κ2) is 8.53. The number of anilines is 2. The zero-order chi connectivity index (χ0) is 16.5. The molecule has 120 valence electrons. The van der Waals surface area contributed by atoms with E-state index in [9.17, 15) is 4.79 Å². The van der Waals surface area contributed by atoms with E-state index in [1.54, 1.807) is 6.08 Å². The lowest BCUT2D eigenvalue weighted by Gasteiger charge is -2.13. The topological polar surface area (TPSA) is 76.1 Å². The fourth-order valence-corrected chi connectivity index (χ4v) is 1.93. The molecule has 2 aromatic rings. The van der Waals surface area contributed by atoms with Gasteiger partial charge in [-0.2, -0.15) is 9.97 Å². The van der Waals surface area contributed by atoms with Crippen LogP contribution in [0.5, 0.6) is 5.88 Å². The van der Waals surface area contributed by atoms with Gasteiger partial charge in [-0.15, -0.1) is 6.58 Å². The first-order valence-corrected chi connectivity index (χ1v) is 7.41. The van der Waals surface area contributed by atoms with Crippen LogP contribution < -0.4 is 15.4 Å². The summed E-state index contributed by atoms with van der Waals surface area (Å²) in [6.07, 6.45) is 2.38. The monoisotopic (exact) mass is 312 g/mol. The van der Waals surface area contributed by atoms with E-state index < -0.39 is 0 Å². The summed E-state index contributed by atoms with van der Waals surface area (Å²) in [7, 11) is 0. The number of ether oxygens (including phenoxy) is 1. The van der Waals surface area contributed by atoms with Gasteiger partial charge >= 0.3 is 0 Å². The Morgan fingerprint density at radius 1 is 1.22 bits per heavy atom. The van der Waals surface area contributed by atoms with Crippen LogP contribution in [0.2, 0.25) is 0 Å². The van der Waals surface area contributed by atoms with Crippen molar-refractivity contribution in [2.45, 2.75) is 13.5 Å². The molecule has 0 spiro atoms. The Morgan fingerprint density at radius 3 is 2.65 bits per heavy atom. The Balaban J connectivity index is 2.28. The molecule has 0 atom stereocenters. The Bertz CT molecular complexity index is 659. The average Bonchev–Trinajstić information content (AvgIpc) is 2.59. The van der Waals surface area contributed by atoms with Crippen molar-refractivity contribution < 1.29 is 9.53 Å². The molecule has 2 rings (SSSR count). The molecule has 0 bridgehead atoms. The molecule has 1 aromatic heterocycles. The molecule has 1 heterocycles. The highest BCUT2D eigenvalue weighted by Crippen LogP contribution is 2.24. The van der Waals surface area contributed by atoms with E-state index in [0.29, 0.717) is 43.3 Å². The number of rotatable bonds is 9. The van der Waals surface area contributed by atoms with Crippen LogP contribution in [-0.4, -0.2) is 29.3 Å². The number of carbonyl (C=O) groups is 1. The summed E-state index contributed by atoms with van der Waals surface area (Å²) >= 11 is 0. The zero-order valence-electron chi connectivity index (χ0n) is 13.1. The van der Waals surface area contributed by atoms with Crippen molar-refractivity contribution in [3.05, 3.63) is 54.1 Å². The molecule has 0 fully saturated rings. The van der Waals surface area contributed by atoms with Gasteiger partial charge in [0.25, 0.3) is 0 Å². The molecule has 0 aliphatic rings. The normalized spacial score (nSPS) is 9.96. The number of nitrogens with zero attached hydrogens (tertiary/aromatic N) is 2. The third-order valence-corrected chi connectivity index (χ3v) is 3.00. The van der Waals surface area contributed by atoms with Crippen molar-refractivity contribution in [1.29, 1.82) is 0 Å².